The molecule has 2 nitrogen and oxygen atoms in total. The minimum atomic E-state index is -5.72. The summed E-state index contributed by atoms with van der Waals surface area (Å²) in [6.07, 6.45) is -14.8. The third-order valence-corrected chi connectivity index (χ3v) is 2.03. The molecule has 0 aliphatic rings. The maximum Gasteiger partial charge on any atom is 0.434 e. The number of halogens is 8. The minimum Gasteiger partial charge on any atom is -0.453 e. The lowest BCUT2D eigenvalue weighted by atomic mass is 10.3. The van der Waals surface area contributed by atoms with Crippen molar-refractivity contribution in [1.29, 1.82) is 0 Å². The molecule has 0 atom stereocenters. The molecule has 0 spiro atoms. The van der Waals surface area contributed by atoms with Crippen molar-refractivity contribution in [2.75, 3.05) is 0 Å². The van der Waals surface area contributed by atoms with Crippen LogP contribution in [0.25, 0.3) is 0 Å². The van der Waals surface area contributed by atoms with Gasteiger partial charge in [-0.05, 0) is 22.0 Å². The van der Waals surface area contributed by atoms with Crippen molar-refractivity contribution in [3.05, 3.63) is 22.6 Å². The first-order valence-electron chi connectivity index (χ1n) is 4.13. The Labute approximate surface area is 104 Å². The Morgan fingerprint density at radius 1 is 1.11 bits per heavy atom. The Bertz CT molecular complexity index is 416. The average Bonchev–Trinajstić information content (AvgIpc) is 2.12. The molecule has 0 bridgehead atoms. The van der Waals surface area contributed by atoms with Crippen LogP contribution >= 0.6 is 15.9 Å². The molecule has 1 aromatic rings. The normalized spacial score (nSPS) is 12.9. The summed E-state index contributed by atoms with van der Waals surface area (Å²) in [6.45, 7) is 0. The predicted octanol–water partition coefficient (Wildman–Crippen LogP) is 3.86. The van der Waals surface area contributed by atoms with E-state index in [4.69, 9.17) is 0 Å². The number of hydrogen-bond acceptors (Lipinski definition) is 2. The second kappa shape index (κ2) is 4.90. The number of hydrogen-bond donors (Lipinski definition) is 0. The summed E-state index contributed by atoms with van der Waals surface area (Å²) < 4.78 is 89.3. The lowest BCUT2D eigenvalue weighted by Crippen LogP contribution is -2.46. The van der Waals surface area contributed by atoms with Crippen LogP contribution in [0.2, 0.25) is 0 Å². The molecule has 0 unspecified atom stereocenters. The maximum atomic E-state index is 13.0. The molecule has 0 fully saturated rings. The Balaban J connectivity index is 3.05. The Hall–Kier alpha value is -1.06. The van der Waals surface area contributed by atoms with Crippen LogP contribution in [0.5, 0.6) is 5.88 Å². The van der Waals surface area contributed by atoms with Gasteiger partial charge in [-0.2, -0.15) is 26.3 Å². The van der Waals surface area contributed by atoms with E-state index in [0.717, 1.165) is 6.20 Å². The summed E-state index contributed by atoms with van der Waals surface area (Å²) in [5.74, 6) is -2.82. The molecule has 1 rings (SSSR count). The zero-order chi connectivity index (χ0) is 14.1. The average molecular weight is 342 g/mol. The van der Waals surface area contributed by atoms with E-state index in [1.54, 1.807) is 0 Å². The van der Waals surface area contributed by atoms with Gasteiger partial charge in [0.1, 0.15) is 0 Å². The minimum absolute atomic E-state index is 0.0444. The van der Waals surface area contributed by atoms with Crippen molar-refractivity contribution < 1.29 is 35.5 Å². The van der Waals surface area contributed by atoms with Crippen molar-refractivity contribution >= 4 is 15.9 Å². The zero-order valence-electron chi connectivity index (χ0n) is 8.11. The van der Waals surface area contributed by atoms with E-state index >= 15 is 0 Å². The largest absolute Gasteiger partial charge is 0.453 e. The SMILES string of the molecule is Fc1cc(Br)cnc1OC(C(F)(F)F)C(F)(F)F. The molecule has 0 N–H and O–H groups in total. The number of alkyl halides is 6. The monoisotopic (exact) mass is 341 g/mol. The first-order chi connectivity index (χ1) is 8.01. The quantitative estimate of drug-likeness (QED) is 0.762. The molecule has 0 radical (unpaired) electrons. The fourth-order valence-electron chi connectivity index (χ4n) is 0.920. The van der Waals surface area contributed by atoms with Crippen LogP contribution in [0.4, 0.5) is 30.7 Å². The van der Waals surface area contributed by atoms with Crippen molar-refractivity contribution in [2.24, 2.45) is 0 Å². The van der Waals surface area contributed by atoms with Crippen LogP contribution in [0.15, 0.2) is 16.7 Å². The van der Waals surface area contributed by atoms with E-state index in [-0.39, 0.29) is 4.47 Å². The summed E-state index contributed by atoms with van der Waals surface area (Å²) in [6, 6.07) is 0.631. The van der Waals surface area contributed by atoms with E-state index < -0.39 is 30.2 Å². The van der Waals surface area contributed by atoms with Crippen molar-refractivity contribution in [1.82, 2.24) is 4.98 Å². The van der Waals surface area contributed by atoms with Crippen LogP contribution < -0.4 is 4.74 Å². The van der Waals surface area contributed by atoms with Gasteiger partial charge in [-0.15, -0.1) is 0 Å². The van der Waals surface area contributed by atoms with Gasteiger partial charge in [0.2, 0.25) is 0 Å². The van der Waals surface area contributed by atoms with Crippen LogP contribution in [0.1, 0.15) is 0 Å². The van der Waals surface area contributed by atoms with E-state index in [1.165, 1.54) is 0 Å². The second-order valence-electron chi connectivity index (χ2n) is 3.02. The summed E-state index contributed by atoms with van der Waals surface area (Å²) in [4.78, 5) is 3.00. The van der Waals surface area contributed by atoms with Gasteiger partial charge in [0.15, 0.2) is 5.82 Å². The van der Waals surface area contributed by atoms with Crippen LogP contribution in [-0.2, 0) is 0 Å². The van der Waals surface area contributed by atoms with Crippen LogP contribution in [0.3, 0.4) is 0 Å². The maximum absolute atomic E-state index is 13.0. The molecule has 102 valence electrons. The van der Waals surface area contributed by atoms with Gasteiger partial charge in [0.05, 0.1) is 0 Å². The standard InChI is InChI=1S/C8H3BrF7NO/c9-3-1-4(10)5(17-2-3)18-6(7(11,12)13)8(14,15)16/h1-2,6H. The molecular weight excluding hydrogens is 339 g/mol. The highest BCUT2D eigenvalue weighted by molar-refractivity contribution is 9.10. The topological polar surface area (TPSA) is 22.1 Å². The molecule has 10 heteroatoms. The predicted molar refractivity (Wildman–Crippen MR) is 48.4 cm³/mol. The van der Waals surface area contributed by atoms with Gasteiger partial charge in [0.25, 0.3) is 12.0 Å². The molecule has 0 amide bonds. The highest BCUT2D eigenvalue weighted by Crippen LogP contribution is 2.36. The summed E-state index contributed by atoms with van der Waals surface area (Å²) in [5.41, 5.74) is 0. The van der Waals surface area contributed by atoms with Gasteiger partial charge in [0, 0.05) is 10.7 Å². The lowest BCUT2D eigenvalue weighted by molar-refractivity contribution is -0.300. The van der Waals surface area contributed by atoms with Crippen molar-refractivity contribution in [2.45, 2.75) is 18.5 Å². The molecular formula is C8H3BrF7NO. The molecule has 0 aromatic carbocycles. The molecule has 18 heavy (non-hydrogen) atoms. The highest BCUT2D eigenvalue weighted by Gasteiger charge is 2.59. The fourth-order valence-corrected chi connectivity index (χ4v) is 1.22. The van der Waals surface area contributed by atoms with E-state index in [1.807, 2.05) is 0 Å². The molecule has 0 aliphatic carbocycles. The first kappa shape index (κ1) is 15.0. The van der Waals surface area contributed by atoms with Gasteiger partial charge in [-0.25, -0.2) is 9.37 Å². The number of rotatable bonds is 2. The van der Waals surface area contributed by atoms with Crippen molar-refractivity contribution in [3.8, 4) is 5.88 Å². The summed E-state index contributed by atoms with van der Waals surface area (Å²) >= 11 is 2.74. The molecule has 0 saturated carbocycles. The molecule has 0 saturated heterocycles. The summed E-state index contributed by atoms with van der Waals surface area (Å²) in [5, 5.41) is 0. The van der Waals surface area contributed by atoms with Crippen LogP contribution in [0, 0.1) is 5.82 Å². The van der Waals surface area contributed by atoms with E-state index in [2.05, 4.69) is 25.7 Å². The molecule has 0 aliphatic heterocycles. The first-order valence-corrected chi connectivity index (χ1v) is 4.92. The smallest absolute Gasteiger partial charge is 0.434 e. The van der Waals surface area contributed by atoms with Crippen molar-refractivity contribution in [3.63, 3.8) is 0 Å². The highest BCUT2D eigenvalue weighted by atomic mass is 79.9. The number of aromatic nitrogens is 1. The van der Waals surface area contributed by atoms with E-state index in [0.29, 0.717) is 6.07 Å². The fraction of sp³-hybridized carbons (Fsp3) is 0.375. The third-order valence-electron chi connectivity index (χ3n) is 1.60. The van der Waals surface area contributed by atoms with Gasteiger partial charge < -0.3 is 4.74 Å². The van der Waals surface area contributed by atoms with Crippen LogP contribution in [-0.4, -0.2) is 23.4 Å². The number of nitrogens with zero attached hydrogens (tertiary/aromatic N) is 1. The second-order valence-corrected chi connectivity index (χ2v) is 3.94. The molecule has 1 heterocycles. The van der Waals surface area contributed by atoms with Gasteiger partial charge in [-0.3, -0.25) is 0 Å². The van der Waals surface area contributed by atoms with Gasteiger partial charge in [-0.1, -0.05) is 0 Å². The summed E-state index contributed by atoms with van der Waals surface area (Å²) in [7, 11) is 0. The third kappa shape index (κ3) is 3.72. The van der Waals surface area contributed by atoms with E-state index in [9.17, 15) is 30.7 Å². The lowest BCUT2D eigenvalue weighted by Gasteiger charge is -2.23. The van der Waals surface area contributed by atoms with Gasteiger partial charge >= 0.3 is 12.4 Å². The Morgan fingerprint density at radius 3 is 2.00 bits per heavy atom. The zero-order valence-corrected chi connectivity index (χ0v) is 9.70. The Morgan fingerprint density at radius 2 is 1.61 bits per heavy atom. The number of pyridine rings is 1. The molecule has 1 aromatic heterocycles. The Kier molecular flexibility index (Phi) is 4.08. The number of ether oxygens (including phenoxy) is 1.